The molecule has 0 fully saturated rings. The number of carbonyl (C=O) groups is 1. The van der Waals surface area contributed by atoms with Gasteiger partial charge in [0.15, 0.2) is 0 Å². The standard InChI is InChI=1S/C3H5F2NO2/c1-3(7)8-2-6(4)5/h2H2,1H3. The van der Waals surface area contributed by atoms with Crippen molar-refractivity contribution in [1.29, 1.82) is 0 Å². The van der Waals surface area contributed by atoms with Crippen LogP contribution in [0.25, 0.3) is 0 Å². The molecule has 0 radical (unpaired) electrons. The Morgan fingerprint density at radius 3 is 2.38 bits per heavy atom. The van der Waals surface area contributed by atoms with Gasteiger partial charge in [-0.25, -0.2) is 0 Å². The van der Waals surface area contributed by atoms with E-state index in [1.807, 2.05) is 0 Å². The van der Waals surface area contributed by atoms with E-state index in [1.54, 1.807) is 0 Å². The molecular weight excluding hydrogens is 120 g/mol. The first-order chi connectivity index (χ1) is 3.63. The number of halogens is 2. The second-order valence-corrected chi connectivity index (χ2v) is 1.07. The lowest BCUT2D eigenvalue weighted by molar-refractivity contribution is -0.213. The van der Waals surface area contributed by atoms with Gasteiger partial charge in [-0.05, 0) is 0 Å². The number of carbonyl (C=O) groups excluding carboxylic acids is 1. The fraction of sp³-hybridized carbons (Fsp3) is 0.667. The molecular formula is C3H5F2NO2. The molecule has 0 aromatic carbocycles. The molecule has 0 atom stereocenters. The van der Waals surface area contributed by atoms with Crippen LogP contribution >= 0.6 is 0 Å². The summed E-state index contributed by atoms with van der Waals surface area (Å²) in [7, 11) is 0. The maximum absolute atomic E-state index is 11.0. The van der Waals surface area contributed by atoms with Crippen LogP contribution in [0.5, 0.6) is 0 Å². The van der Waals surface area contributed by atoms with Gasteiger partial charge < -0.3 is 4.74 Å². The third-order valence-electron chi connectivity index (χ3n) is 0.365. The molecule has 0 saturated carbocycles. The molecule has 0 N–H and O–H groups in total. The van der Waals surface area contributed by atoms with Gasteiger partial charge in [0.25, 0.3) is 0 Å². The van der Waals surface area contributed by atoms with E-state index in [4.69, 9.17) is 0 Å². The molecule has 8 heavy (non-hydrogen) atoms. The van der Waals surface area contributed by atoms with Gasteiger partial charge in [-0.15, -0.1) is 0 Å². The average Bonchev–Trinajstić information content (AvgIpc) is 1.61. The molecule has 0 aliphatic carbocycles. The molecule has 0 rings (SSSR count). The topological polar surface area (TPSA) is 29.5 Å². The van der Waals surface area contributed by atoms with Gasteiger partial charge in [0.1, 0.15) is 0 Å². The summed E-state index contributed by atoms with van der Waals surface area (Å²) in [6, 6.07) is 0. The highest BCUT2D eigenvalue weighted by Crippen LogP contribution is 1.88. The van der Waals surface area contributed by atoms with Crippen LogP contribution in [0.2, 0.25) is 0 Å². The van der Waals surface area contributed by atoms with Crippen molar-refractivity contribution in [2.24, 2.45) is 0 Å². The smallest absolute Gasteiger partial charge is 0.304 e. The molecule has 0 unspecified atom stereocenters. The van der Waals surface area contributed by atoms with Crippen molar-refractivity contribution in [3.05, 3.63) is 0 Å². The number of hydrogen-bond donors (Lipinski definition) is 0. The average molecular weight is 125 g/mol. The molecule has 0 aromatic rings. The van der Waals surface area contributed by atoms with E-state index in [9.17, 15) is 13.8 Å². The number of hydrogen-bond acceptors (Lipinski definition) is 3. The van der Waals surface area contributed by atoms with Crippen LogP contribution < -0.4 is 0 Å². The van der Waals surface area contributed by atoms with E-state index < -0.39 is 18.0 Å². The van der Waals surface area contributed by atoms with E-state index in [0.717, 1.165) is 6.92 Å². The monoisotopic (exact) mass is 125 g/mol. The molecule has 0 bridgehead atoms. The van der Waals surface area contributed by atoms with E-state index in [1.165, 1.54) is 0 Å². The quantitative estimate of drug-likeness (QED) is 0.307. The molecule has 0 aliphatic rings. The lowest BCUT2D eigenvalue weighted by Crippen LogP contribution is -2.10. The number of rotatable bonds is 2. The summed E-state index contributed by atoms with van der Waals surface area (Å²) in [5.74, 6) is -0.717. The molecule has 0 amide bonds. The van der Waals surface area contributed by atoms with Gasteiger partial charge in [0.2, 0.25) is 6.73 Å². The van der Waals surface area contributed by atoms with Crippen molar-refractivity contribution in [3.63, 3.8) is 0 Å². The molecule has 0 aliphatic heterocycles. The molecule has 0 aromatic heterocycles. The molecule has 0 saturated heterocycles. The minimum Gasteiger partial charge on any atom is -0.444 e. The highest BCUT2D eigenvalue weighted by Gasteiger charge is 1.98. The summed E-state index contributed by atoms with van der Waals surface area (Å²) >= 11 is 0. The Bertz CT molecular complexity index is 85.4. The molecule has 48 valence electrons. The number of nitrogens with zero attached hydrogens (tertiary/aromatic N) is 1. The van der Waals surface area contributed by atoms with Crippen molar-refractivity contribution in [3.8, 4) is 0 Å². The van der Waals surface area contributed by atoms with E-state index >= 15 is 0 Å². The van der Waals surface area contributed by atoms with Crippen LogP contribution in [0.3, 0.4) is 0 Å². The van der Waals surface area contributed by atoms with E-state index in [-0.39, 0.29) is 0 Å². The third-order valence-corrected chi connectivity index (χ3v) is 0.365. The SMILES string of the molecule is CC(=O)OCN(F)F. The van der Waals surface area contributed by atoms with Crippen LogP contribution in [-0.2, 0) is 9.53 Å². The highest BCUT2D eigenvalue weighted by atomic mass is 19.4. The second-order valence-electron chi connectivity index (χ2n) is 1.07. The molecule has 3 nitrogen and oxygen atoms in total. The highest BCUT2D eigenvalue weighted by molar-refractivity contribution is 5.65. The van der Waals surface area contributed by atoms with E-state index in [0.29, 0.717) is 0 Å². The molecule has 0 spiro atoms. The Kier molecular flexibility index (Phi) is 3.02. The van der Waals surface area contributed by atoms with Gasteiger partial charge in [-0.2, -0.15) is 0 Å². The summed E-state index contributed by atoms with van der Waals surface area (Å²) in [6.07, 6.45) is 0. The maximum Gasteiger partial charge on any atom is 0.304 e. The minimum absolute atomic E-state index is 0.717. The summed E-state index contributed by atoms with van der Waals surface area (Å²) in [4.78, 5) is 9.77. The zero-order valence-corrected chi connectivity index (χ0v) is 4.23. The van der Waals surface area contributed by atoms with Gasteiger partial charge in [0.05, 0.1) is 5.34 Å². The number of ether oxygens (including phenoxy) is 1. The number of esters is 1. The van der Waals surface area contributed by atoms with Crippen LogP contribution in [0.1, 0.15) is 6.92 Å². The lowest BCUT2D eigenvalue weighted by atomic mass is 10.8. The lowest BCUT2D eigenvalue weighted by Gasteiger charge is -1.98. The Hall–Kier alpha value is -0.710. The van der Waals surface area contributed by atoms with Gasteiger partial charge in [-0.3, -0.25) is 4.79 Å². The first-order valence-electron chi connectivity index (χ1n) is 1.85. The zero-order chi connectivity index (χ0) is 6.57. The summed E-state index contributed by atoms with van der Waals surface area (Å²) < 4.78 is 25.7. The summed E-state index contributed by atoms with van der Waals surface area (Å²) in [5, 5.41) is -1.22. The van der Waals surface area contributed by atoms with Crippen molar-refractivity contribution in [2.75, 3.05) is 6.73 Å². The maximum atomic E-state index is 11.0. The van der Waals surface area contributed by atoms with Crippen molar-refractivity contribution >= 4 is 5.97 Å². The van der Waals surface area contributed by atoms with Gasteiger partial charge in [0, 0.05) is 6.92 Å². The largest absolute Gasteiger partial charge is 0.444 e. The van der Waals surface area contributed by atoms with Crippen molar-refractivity contribution in [2.45, 2.75) is 6.92 Å². The fourth-order valence-corrected chi connectivity index (χ4v) is 0.140. The first-order valence-corrected chi connectivity index (χ1v) is 1.85. The predicted molar refractivity (Wildman–Crippen MR) is 20.7 cm³/mol. The van der Waals surface area contributed by atoms with Crippen LogP contribution in [-0.4, -0.2) is 18.0 Å². The van der Waals surface area contributed by atoms with Crippen molar-refractivity contribution < 1.29 is 18.5 Å². The Balaban J connectivity index is 3.05. The van der Waals surface area contributed by atoms with Gasteiger partial charge >= 0.3 is 5.97 Å². The summed E-state index contributed by atoms with van der Waals surface area (Å²) in [5.41, 5.74) is 0. The molecule has 5 heteroatoms. The van der Waals surface area contributed by atoms with Gasteiger partial charge in [-0.1, -0.05) is 8.96 Å². The molecule has 0 heterocycles. The van der Waals surface area contributed by atoms with Crippen LogP contribution in [0.15, 0.2) is 0 Å². The normalized spacial score (nSPS) is 9.50. The first kappa shape index (κ1) is 7.29. The Morgan fingerprint density at radius 1 is 1.75 bits per heavy atom. The third kappa shape index (κ3) is 5.29. The van der Waals surface area contributed by atoms with Crippen LogP contribution in [0.4, 0.5) is 8.96 Å². The predicted octanol–water partition coefficient (Wildman–Crippen LogP) is 0.578. The van der Waals surface area contributed by atoms with E-state index in [2.05, 4.69) is 4.74 Å². The van der Waals surface area contributed by atoms with Crippen LogP contribution in [0, 0.1) is 0 Å². The zero-order valence-electron chi connectivity index (χ0n) is 4.23. The second kappa shape index (κ2) is 3.31. The minimum atomic E-state index is -1.22. The Labute approximate surface area is 44.7 Å². The fourth-order valence-electron chi connectivity index (χ4n) is 0.140. The van der Waals surface area contributed by atoms with Crippen molar-refractivity contribution in [1.82, 2.24) is 5.34 Å². The Morgan fingerprint density at radius 2 is 2.25 bits per heavy atom. The summed E-state index contributed by atoms with van der Waals surface area (Å²) in [6.45, 7) is 0.0961.